The Balaban J connectivity index is 0.00000353. The molecule has 0 fully saturated rings. The third kappa shape index (κ3) is 5.75. The Morgan fingerprint density at radius 1 is 0.667 bits per heavy atom. The van der Waals surface area contributed by atoms with Gasteiger partial charge in [0.15, 0.2) is 0 Å². The van der Waals surface area contributed by atoms with Crippen LogP contribution in [0.4, 0.5) is 0 Å². The van der Waals surface area contributed by atoms with Gasteiger partial charge in [-0.15, -0.1) is 22.1 Å². The predicted octanol–water partition coefficient (Wildman–Crippen LogP) is 5.34. The number of carboxylic acid groups (broad SMARTS) is 2. The molecule has 2 aliphatic heterocycles. The molecule has 8 nitrogen and oxygen atoms in total. The van der Waals surface area contributed by atoms with Gasteiger partial charge in [0, 0.05) is 12.8 Å². The zero-order valence-electron chi connectivity index (χ0n) is 22.1. The van der Waals surface area contributed by atoms with E-state index in [9.17, 15) is 19.8 Å². The van der Waals surface area contributed by atoms with Crippen LogP contribution in [0.3, 0.4) is 0 Å². The van der Waals surface area contributed by atoms with Crippen molar-refractivity contribution in [1.29, 1.82) is 0 Å². The Labute approximate surface area is 236 Å². The summed E-state index contributed by atoms with van der Waals surface area (Å²) >= 11 is 0. The monoisotopic (exact) mass is 571 g/mol. The van der Waals surface area contributed by atoms with Crippen LogP contribution in [0.15, 0.2) is 24.3 Å². The third-order valence-corrected chi connectivity index (χ3v) is 7.10. The quantitative estimate of drug-likeness (QED) is 0.379. The molecule has 0 unspecified atom stereocenters. The Morgan fingerprint density at radius 3 is 1.59 bits per heavy atom. The largest absolute Gasteiger partial charge is 2.00 e. The number of aromatic nitrogens is 4. The van der Waals surface area contributed by atoms with Gasteiger partial charge in [-0.2, -0.15) is 0 Å². The first-order valence-electron chi connectivity index (χ1n) is 12.5. The summed E-state index contributed by atoms with van der Waals surface area (Å²) in [5.41, 5.74) is 11.4. The van der Waals surface area contributed by atoms with Crippen molar-refractivity contribution in [3.05, 3.63) is 69.3 Å². The van der Waals surface area contributed by atoms with E-state index >= 15 is 0 Å². The SMILES string of the molecule is CC1=Cc2cc3[n-]c(cc4[n-]c(cc5nc(cc1n2)C=C5C)c(C)c4CCC(=O)O)c(CCC(=O)O)c3C.[Cu+2]. The molecule has 0 saturated carbocycles. The average Bonchev–Trinajstić information content (AvgIpc) is 3.53. The normalized spacial score (nSPS) is 12.5. The molecule has 5 heterocycles. The molecule has 8 bridgehead atoms. The summed E-state index contributed by atoms with van der Waals surface area (Å²) in [4.78, 5) is 42.2. The van der Waals surface area contributed by atoms with Crippen molar-refractivity contribution in [3.63, 3.8) is 0 Å². The fourth-order valence-corrected chi connectivity index (χ4v) is 4.96. The summed E-state index contributed by atoms with van der Waals surface area (Å²) in [6, 6.07) is 7.66. The minimum atomic E-state index is -0.882. The number of carboxylic acids is 2. The van der Waals surface area contributed by atoms with Gasteiger partial charge in [0.1, 0.15) is 0 Å². The summed E-state index contributed by atoms with van der Waals surface area (Å²) in [7, 11) is 0. The first-order valence-corrected chi connectivity index (χ1v) is 12.5. The molecule has 0 aliphatic carbocycles. The Bertz CT molecular complexity index is 1730. The summed E-state index contributed by atoms with van der Waals surface area (Å²) in [6.07, 6.45) is 4.61. The molecule has 1 radical (unpaired) electrons. The van der Waals surface area contributed by atoms with E-state index in [1.54, 1.807) is 0 Å². The van der Waals surface area contributed by atoms with E-state index in [-0.39, 0.29) is 29.9 Å². The molecule has 0 spiro atoms. The molecule has 9 heteroatoms. The molecule has 0 amide bonds. The molecular formula is C30H28CuN4O4. The van der Waals surface area contributed by atoms with Gasteiger partial charge in [0.25, 0.3) is 0 Å². The second-order valence-corrected chi connectivity index (χ2v) is 9.84. The van der Waals surface area contributed by atoms with Crippen LogP contribution < -0.4 is 9.97 Å². The van der Waals surface area contributed by atoms with E-state index in [2.05, 4.69) is 0 Å². The average molecular weight is 572 g/mol. The van der Waals surface area contributed by atoms with E-state index in [1.807, 2.05) is 64.1 Å². The van der Waals surface area contributed by atoms with Gasteiger partial charge in [-0.05, 0) is 69.9 Å². The van der Waals surface area contributed by atoms with Crippen LogP contribution in [0, 0.1) is 13.8 Å². The molecule has 203 valence electrons. The molecule has 0 saturated heterocycles. The number of aryl methyl sites for hydroxylation is 4. The van der Waals surface area contributed by atoms with Gasteiger partial charge in [-0.3, -0.25) is 9.59 Å². The number of rotatable bonds is 6. The van der Waals surface area contributed by atoms with Crippen molar-refractivity contribution < 1.29 is 36.9 Å². The van der Waals surface area contributed by atoms with Crippen LogP contribution in [-0.2, 0) is 39.5 Å². The van der Waals surface area contributed by atoms with Crippen molar-refractivity contribution in [2.24, 2.45) is 0 Å². The smallest absolute Gasteiger partial charge is 0.657 e. The van der Waals surface area contributed by atoms with E-state index < -0.39 is 11.9 Å². The van der Waals surface area contributed by atoms with Crippen molar-refractivity contribution in [2.45, 2.75) is 53.4 Å². The summed E-state index contributed by atoms with van der Waals surface area (Å²) in [5, 5.41) is 18.7. The summed E-state index contributed by atoms with van der Waals surface area (Å²) in [5.74, 6) is -1.76. The molecule has 5 rings (SSSR count). The van der Waals surface area contributed by atoms with Crippen molar-refractivity contribution in [1.82, 2.24) is 19.9 Å². The Morgan fingerprint density at radius 2 is 1.10 bits per heavy atom. The number of allylic oxidation sites excluding steroid dienone is 2. The zero-order chi connectivity index (χ0) is 27.1. The minimum Gasteiger partial charge on any atom is -0.657 e. The number of fused-ring (bicyclic) bond motifs is 8. The topological polar surface area (TPSA) is 129 Å². The van der Waals surface area contributed by atoms with Crippen LogP contribution in [0.5, 0.6) is 0 Å². The molecule has 3 aromatic rings. The molecule has 0 aromatic carbocycles. The zero-order valence-corrected chi connectivity index (χ0v) is 23.0. The van der Waals surface area contributed by atoms with E-state index in [0.717, 1.165) is 67.2 Å². The van der Waals surface area contributed by atoms with Gasteiger partial charge in [0.05, 0.1) is 22.8 Å². The minimum absolute atomic E-state index is 0. The van der Waals surface area contributed by atoms with Gasteiger partial charge in [-0.25, -0.2) is 9.97 Å². The fourth-order valence-electron chi connectivity index (χ4n) is 4.96. The first kappa shape index (κ1) is 28.1. The number of carbonyl (C=O) groups is 2. The van der Waals surface area contributed by atoms with Crippen LogP contribution in [-0.4, -0.2) is 32.1 Å². The Kier molecular flexibility index (Phi) is 7.95. The van der Waals surface area contributed by atoms with Gasteiger partial charge in [-0.1, -0.05) is 40.5 Å². The fraction of sp³-hybridized carbons (Fsp3) is 0.267. The number of aliphatic carboxylic acids is 2. The second-order valence-electron chi connectivity index (χ2n) is 9.84. The van der Waals surface area contributed by atoms with Crippen molar-refractivity contribution >= 4 is 57.3 Å². The standard InChI is InChI=1S/C30H30N4O4.Cu/c1-15-9-20-12-25-17(3)21(5-7-29(35)36)27(33-25)14-28-22(6-8-30(37)38)18(4)26(34-28)13-24-16(2)10-19(32-24)11-23(15)31-20;/h9-14H,5-8H2,1-4H3,(H4,31,32,33,34,35,36,37,38);/q;+2/p-2. The number of hydrogen-bond donors (Lipinski definition) is 2. The number of nitrogens with zero attached hydrogens (tertiary/aromatic N) is 4. The second kappa shape index (κ2) is 11.0. The number of hydrogen-bond acceptors (Lipinski definition) is 4. The molecule has 2 aliphatic rings. The predicted molar refractivity (Wildman–Crippen MR) is 147 cm³/mol. The summed E-state index contributed by atoms with van der Waals surface area (Å²) in [6.45, 7) is 7.89. The summed E-state index contributed by atoms with van der Waals surface area (Å²) < 4.78 is 0. The third-order valence-electron chi connectivity index (χ3n) is 7.10. The Hall–Kier alpha value is -3.94. The maximum absolute atomic E-state index is 11.4. The van der Waals surface area contributed by atoms with E-state index in [1.165, 1.54) is 0 Å². The molecule has 2 N–H and O–H groups in total. The van der Waals surface area contributed by atoms with E-state index in [4.69, 9.17) is 19.9 Å². The van der Waals surface area contributed by atoms with E-state index in [0.29, 0.717) is 23.9 Å². The molecule has 0 atom stereocenters. The van der Waals surface area contributed by atoms with Gasteiger partial charge < -0.3 is 20.2 Å². The maximum Gasteiger partial charge on any atom is 2.00 e. The maximum atomic E-state index is 11.4. The van der Waals surface area contributed by atoms with Gasteiger partial charge in [0.2, 0.25) is 0 Å². The van der Waals surface area contributed by atoms with Crippen LogP contribution in [0.1, 0.15) is 71.7 Å². The van der Waals surface area contributed by atoms with Crippen LogP contribution >= 0.6 is 0 Å². The van der Waals surface area contributed by atoms with Crippen molar-refractivity contribution in [2.75, 3.05) is 0 Å². The molecular weight excluding hydrogens is 544 g/mol. The van der Waals surface area contributed by atoms with Crippen molar-refractivity contribution in [3.8, 4) is 0 Å². The van der Waals surface area contributed by atoms with Crippen LogP contribution in [0.25, 0.3) is 45.4 Å². The molecule has 3 aromatic heterocycles. The van der Waals surface area contributed by atoms with Crippen LogP contribution in [0.2, 0.25) is 0 Å². The van der Waals surface area contributed by atoms with Gasteiger partial charge >= 0.3 is 29.0 Å². The molecule has 39 heavy (non-hydrogen) atoms. The first-order chi connectivity index (χ1) is 18.1.